The number of nitrogens with zero attached hydrogens (tertiary/aromatic N) is 1. The van der Waals surface area contributed by atoms with E-state index in [0.29, 0.717) is 0 Å². The van der Waals surface area contributed by atoms with Gasteiger partial charge in [0, 0.05) is 19.0 Å². The highest BCUT2D eigenvalue weighted by Crippen LogP contribution is 2.35. The molecule has 1 aliphatic rings. The van der Waals surface area contributed by atoms with Gasteiger partial charge in [-0.15, -0.1) is 0 Å². The van der Waals surface area contributed by atoms with Gasteiger partial charge in [-0.25, -0.2) is 8.78 Å². The summed E-state index contributed by atoms with van der Waals surface area (Å²) in [6, 6.07) is 10.1. The first kappa shape index (κ1) is 14.0. The van der Waals surface area contributed by atoms with Crippen LogP contribution in [-0.4, -0.2) is 25.6 Å². The molecule has 0 fully saturated rings. The molecule has 2 aromatic carbocycles. The van der Waals surface area contributed by atoms with Crippen molar-refractivity contribution in [1.29, 1.82) is 0 Å². The second kappa shape index (κ2) is 5.45. The number of rotatable bonds is 2. The minimum atomic E-state index is -0.808. The molecule has 1 aliphatic heterocycles. The fourth-order valence-corrected chi connectivity index (χ4v) is 2.97. The van der Waals surface area contributed by atoms with Gasteiger partial charge < -0.3 is 9.64 Å². The summed E-state index contributed by atoms with van der Waals surface area (Å²) >= 11 is 0. The Balaban J connectivity index is 2.06. The minimum Gasteiger partial charge on any atom is -0.497 e. The summed E-state index contributed by atoms with van der Waals surface area (Å²) in [5, 5.41) is 0. The standard InChI is InChI=1S/C17H17F2NO/c1-20-9-12-7-13(21-2)4-5-14(12)15(10-20)11-3-6-16(18)17(19)8-11/h3-8,15H,9-10H2,1-2H3/t15-/m0/s1. The van der Waals surface area contributed by atoms with Gasteiger partial charge in [0.1, 0.15) is 5.75 Å². The van der Waals surface area contributed by atoms with Crippen LogP contribution >= 0.6 is 0 Å². The molecular formula is C17H17F2NO. The van der Waals surface area contributed by atoms with Gasteiger partial charge in [-0.05, 0) is 48.0 Å². The molecule has 2 aromatic rings. The number of methoxy groups -OCH3 is 1. The maximum atomic E-state index is 13.5. The van der Waals surface area contributed by atoms with Gasteiger partial charge >= 0.3 is 0 Å². The molecule has 0 radical (unpaired) electrons. The zero-order chi connectivity index (χ0) is 15.0. The monoisotopic (exact) mass is 289 g/mol. The fourth-order valence-electron chi connectivity index (χ4n) is 2.97. The topological polar surface area (TPSA) is 12.5 Å². The number of halogens is 2. The molecule has 1 heterocycles. The van der Waals surface area contributed by atoms with Gasteiger partial charge in [-0.1, -0.05) is 12.1 Å². The van der Waals surface area contributed by atoms with E-state index in [1.807, 2.05) is 25.2 Å². The van der Waals surface area contributed by atoms with Crippen LogP contribution in [0.3, 0.4) is 0 Å². The first-order valence-corrected chi connectivity index (χ1v) is 6.89. The number of fused-ring (bicyclic) bond motifs is 1. The Labute approximate surface area is 123 Å². The minimum absolute atomic E-state index is 0.0414. The lowest BCUT2D eigenvalue weighted by Crippen LogP contribution is -2.31. The first-order chi connectivity index (χ1) is 10.1. The average Bonchev–Trinajstić information content (AvgIpc) is 2.48. The molecule has 0 amide bonds. The molecular weight excluding hydrogens is 272 g/mol. The van der Waals surface area contributed by atoms with Crippen molar-refractivity contribution in [3.05, 3.63) is 64.7 Å². The number of likely N-dealkylation sites (N-methyl/N-ethyl adjacent to an activating group) is 1. The molecule has 2 nitrogen and oxygen atoms in total. The van der Waals surface area contributed by atoms with Crippen LogP contribution in [0.2, 0.25) is 0 Å². The van der Waals surface area contributed by atoms with Crippen LogP contribution in [0.25, 0.3) is 0 Å². The highest BCUT2D eigenvalue weighted by Gasteiger charge is 2.25. The molecule has 0 aliphatic carbocycles. The Hall–Kier alpha value is -1.94. The van der Waals surface area contributed by atoms with E-state index in [9.17, 15) is 8.78 Å². The average molecular weight is 289 g/mol. The Morgan fingerprint density at radius 2 is 1.90 bits per heavy atom. The normalized spacial score (nSPS) is 18.4. The van der Waals surface area contributed by atoms with Crippen molar-refractivity contribution in [2.45, 2.75) is 12.5 Å². The third-order valence-corrected chi connectivity index (χ3v) is 4.01. The second-order valence-electron chi connectivity index (χ2n) is 5.49. The van der Waals surface area contributed by atoms with Crippen molar-refractivity contribution in [2.24, 2.45) is 0 Å². The van der Waals surface area contributed by atoms with Crippen molar-refractivity contribution in [1.82, 2.24) is 4.90 Å². The predicted molar refractivity (Wildman–Crippen MR) is 77.5 cm³/mol. The van der Waals surface area contributed by atoms with E-state index in [1.165, 1.54) is 12.1 Å². The van der Waals surface area contributed by atoms with Crippen LogP contribution in [0.5, 0.6) is 5.75 Å². The summed E-state index contributed by atoms with van der Waals surface area (Å²) < 4.78 is 31.9. The second-order valence-corrected chi connectivity index (χ2v) is 5.49. The molecule has 0 unspecified atom stereocenters. The van der Waals surface area contributed by atoms with Crippen molar-refractivity contribution in [2.75, 3.05) is 20.7 Å². The summed E-state index contributed by atoms with van der Waals surface area (Å²) in [6.45, 7) is 1.61. The van der Waals surface area contributed by atoms with Crippen LogP contribution in [-0.2, 0) is 6.54 Å². The zero-order valence-electron chi connectivity index (χ0n) is 12.1. The molecule has 0 saturated heterocycles. The fraction of sp³-hybridized carbons (Fsp3) is 0.294. The number of benzene rings is 2. The largest absolute Gasteiger partial charge is 0.497 e. The molecule has 4 heteroatoms. The van der Waals surface area contributed by atoms with E-state index in [2.05, 4.69) is 4.90 Å². The zero-order valence-corrected chi connectivity index (χ0v) is 12.1. The third kappa shape index (κ3) is 2.63. The quantitative estimate of drug-likeness (QED) is 0.838. The van der Waals surface area contributed by atoms with Gasteiger partial charge in [-0.2, -0.15) is 0 Å². The first-order valence-electron chi connectivity index (χ1n) is 6.89. The molecule has 21 heavy (non-hydrogen) atoms. The van der Waals surface area contributed by atoms with Crippen LogP contribution in [0, 0.1) is 11.6 Å². The summed E-state index contributed by atoms with van der Waals surface area (Å²) in [5.74, 6) is -0.749. The van der Waals surface area contributed by atoms with Gasteiger partial charge in [0.25, 0.3) is 0 Å². The Morgan fingerprint density at radius 3 is 2.62 bits per heavy atom. The highest BCUT2D eigenvalue weighted by atomic mass is 19.2. The number of hydrogen-bond acceptors (Lipinski definition) is 2. The van der Waals surface area contributed by atoms with Gasteiger partial charge in [0.05, 0.1) is 7.11 Å². The maximum absolute atomic E-state index is 13.5. The molecule has 0 saturated carbocycles. The van der Waals surface area contributed by atoms with E-state index < -0.39 is 11.6 Å². The van der Waals surface area contributed by atoms with Crippen LogP contribution < -0.4 is 4.74 Å². The van der Waals surface area contributed by atoms with E-state index in [4.69, 9.17) is 4.74 Å². The smallest absolute Gasteiger partial charge is 0.159 e. The van der Waals surface area contributed by atoms with Gasteiger partial charge in [0.15, 0.2) is 11.6 Å². The molecule has 0 aromatic heterocycles. The molecule has 0 bridgehead atoms. The predicted octanol–water partition coefficient (Wildman–Crippen LogP) is 3.55. The van der Waals surface area contributed by atoms with Crippen molar-refractivity contribution in [3.63, 3.8) is 0 Å². The summed E-state index contributed by atoms with van der Waals surface area (Å²) in [5.41, 5.74) is 3.12. The van der Waals surface area contributed by atoms with Gasteiger partial charge in [0.2, 0.25) is 0 Å². The lowest BCUT2D eigenvalue weighted by molar-refractivity contribution is 0.293. The molecule has 0 N–H and O–H groups in total. The SMILES string of the molecule is COc1ccc2c(c1)CN(C)C[C@H]2c1ccc(F)c(F)c1. The Morgan fingerprint density at radius 1 is 1.10 bits per heavy atom. The van der Waals surface area contributed by atoms with Crippen molar-refractivity contribution >= 4 is 0 Å². The van der Waals surface area contributed by atoms with Crippen LogP contribution in [0.4, 0.5) is 8.78 Å². The van der Waals surface area contributed by atoms with Gasteiger partial charge in [-0.3, -0.25) is 0 Å². The van der Waals surface area contributed by atoms with Crippen LogP contribution in [0.1, 0.15) is 22.6 Å². The molecule has 1 atom stereocenters. The Bertz CT molecular complexity index is 672. The van der Waals surface area contributed by atoms with E-state index in [0.717, 1.165) is 35.5 Å². The molecule has 3 rings (SSSR count). The highest BCUT2D eigenvalue weighted by molar-refractivity contribution is 5.44. The Kier molecular flexibility index (Phi) is 3.64. The maximum Gasteiger partial charge on any atom is 0.159 e. The van der Waals surface area contributed by atoms with Crippen LogP contribution in [0.15, 0.2) is 36.4 Å². The number of hydrogen-bond donors (Lipinski definition) is 0. The van der Waals surface area contributed by atoms with E-state index in [-0.39, 0.29) is 5.92 Å². The molecule has 110 valence electrons. The molecule has 0 spiro atoms. The third-order valence-electron chi connectivity index (χ3n) is 4.01. The summed E-state index contributed by atoms with van der Waals surface area (Å²) in [6.07, 6.45) is 0. The number of ether oxygens (including phenoxy) is 1. The van der Waals surface area contributed by atoms with E-state index >= 15 is 0 Å². The van der Waals surface area contributed by atoms with Crippen molar-refractivity contribution < 1.29 is 13.5 Å². The lowest BCUT2D eigenvalue weighted by Gasteiger charge is -2.32. The summed E-state index contributed by atoms with van der Waals surface area (Å²) in [7, 11) is 3.66. The van der Waals surface area contributed by atoms with E-state index in [1.54, 1.807) is 13.2 Å². The van der Waals surface area contributed by atoms with Crippen molar-refractivity contribution in [3.8, 4) is 5.75 Å². The summed E-state index contributed by atoms with van der Waals surface area (Å²) in [4.78, 5) is 2.17. The lowest BCUT2D eigenvalue weighted by atomic mass is 9.84.